The molecule has 2 N–H and O–H groups in total. The molecule has 8 heteroatoms. The second-order valence-corrected chi connectivity index (χ2v) is 7.41. The zero-order valence-electron chi connectivity index (χ0n) is 17.7. The van der Waals surface area contributed by atoms with E-state index in [1.54, 1.807) is 19.4 Å². The fourth-order valence-corrected chi connectivity index (χ4v) is 3.40. The van der Waals surface area contributed by atoms with E-state index >= 15 is 0 Å². The predicted molar refractivity (Wildman–Crippen MR) is 112 cm³/mol. The summed E-state index contributed by atoms with van der Waals surface area (Å²) in [5.41, 5.74) is 1.74. The predicted octanol–water partition coefficient (Wildman–Crippen LogP) is 1.01. The van der Waals surface area contributed by atoms with E-state index in [0.29, 0.717) is 18.7 Å². The van der Waals surface area contributed by atoms with Crippen LogP contribution in [0.15, 0.2) is 52.2 Å². The average Bonchev–Trinajstić information content (AvgIpc) is 3.42. The fraction of sp³-hybridized carbons (Fsp3) is 0.409. The second-order valence-electron chi connectivity index (χ2n) is 7.41. The van der Waals surface area contributed by atoms with Crippen LogP contribution in [0.5, 0.6) is 5.75 Å². The van der Waals surface area contributed by atoms with E-state index in [4.69, 9.17) is 9.15 Å². The van der Waals surface area contributed by atoms with E-state index in [2.05, 4.69) is 10.4 Å². The van der Waals surface area contributed by atoms with Crippen LogP contribution >= 0.6 is 0 Å². The summed E-state index contributed by atoms with van der Waals surface area (Å²) in [4.78, 5) is 25.8. The Morgan fingerprint density at radius 3 is 2.67 bits per heavy atom. The third-order valence-electron chi connectivity index (χ3n) is 4.95. The Hall–Kier alpha value is -3.13. The van der Waals surface area contributed by atoms with Gasteiger partial charge in [-0.15, -0.1) is 0 Å². The molecule has 1 unspecified atom stereocenters. The minimum absolute atomic E-state index is 0.0615. The first-order valence-corrected chi connectivity index (χ1v) is 10.2. The summed E-state index contributed by atoms with van der Waals surface area (Å²) >= 11 is 0. The van der Waals surface area contributed by atoms with E-state index in [-0.39, 0.29) is 30.9 Å². The summed E-state index contributed by atoms with van der Waals surface area (Å²) < 4.78 is 10.8. The number of rotatable bonds is 9. The van der Waals surface area contributed by atoms with Gasteiger partial charge in [0.2, 0.25) is 0 Å². The van der Waals surface area contributed by atoms with Crippen LogP contribution < -0.4 is 15.0 Å². The second kappa shape index (κ2) is 10.1. The Kier molecular flexibility index (Phi) is 7.24. The highest BCUT2D eigenvalue weighted by atomic mass is 16.5. The van der Waals surface area contributed by atoms with Crippen molar-refractivity contribution in [2.24, 2.45) is 5.10 Å². The largest absolute Gasteiger partial charge is 0.497 e. The third-order valence-corrected chi connectivity index (χ3v) is 4.95. The summed E-state index contributed by atoms with van der Waals surface area (Å²) in [6.07, 6.45) is 3.03. The van der Waals surface area contributed by atoms with Gasteiger partial charge in [-0.2, -0.15) is 5.10 Å². The standard InChI is InChI=1S/C22H28N4O4/c1-4-11-23-21(27)14-25(2)15-22(28)26-19(20-6-5-12-30-20)13-18(24-26)16-7-9-17(29-3)10-8-16/h5-10,12,19H,4,11,13-15H2,1-3H3,(H,23,27)/p+1/t19-/m1/s1. The fourth-order valence-electron chi connectivity index (χ4n) is 3.40. The van der Waals surface area contributed by atoms with Crippen LogP contribution in [0.1, 0.15) is 37.1 Å². The zero-order valence-corrected chi connectivity index (χ0v) is 17.7. The lowest BCUT2D eigenvalue weighted by molar-refractivity contribution is -0.863. The van der Waals surface area contributed by atoms with E-state index in [1.165, 1.54) is 5.01 Å². The summed E-state index contributed by atoms with van der Waals surface area (Å²) in [6.45, 7) is 3.04. The van der Waals surface area contributed by atoms with Gasteiger partial charge in [-0.25, -0.2) is 5.01 Å². The SMILES string of the molecule is CCCNC(=O)C[NH+](C)CC(=O)N1N=C(c2ccc(OC)cc2)C[C@@H]1c1ccco1. The zero-order chi connectivity index (χ0) is 21.5. The Bertz CT molecular complexity index is 877. The molecule has 30 heavy (non-hydrogen) atoms. The van der Waals surface area contributed by atoms with Crippen LogP contribution in [0, 0.1) is 0 Å². The highest BCUT2D eigenvalue weighted by Crippen LogP contribution is 2.33. The Morgan fingerprint density at radius 1 is 1.27 bits per heavy atom. The molecule has 1 aliphatic rings. The maximum Gasteiger partial charge on any atom is 0.298 e. The van der Waals surface area contributed by atoms with Gasteiger partial charge in [0, 0.05) is 13.0 Å². The first-order valence-electron chi connectivity index (χ1n) is 10.2. The lowest BCUT2D eigenvalue weighted by atomic mass is 10.0. The number of benzene rings is 1. The molecule has 0 fully saturated rings. The van der Waals surface area contributed by atoms with Crippen LogP contribution in [0.3, 0.4) is 0 Å². The smallest absolute Gasteiger partial charge is 0.298 e. The van der Waals surface area contributed by atoms with Crippen LogP contribution in [-0.2, 0) is 9.59 Å². The number of amides is 2. The molecule has 0 aliphatic carbocycles. The summed E-state index contributed by atoms with van der Waals surface area (Å²) in [5, 5.41) is 8.95. The first kappa shape index (κ1) is 21.6. The molecule has 2 amide bonds. The number of hydrogen-bond acceptors (Lipinski definition) is 5. The molecule has 2 atom stereocenters. The number of furan rings is 1. The minimum atomic E-state index is -0.300. The van der Waals surface area contributed by atoms with E-state index < -0.39 is 0 Å². The number of hydrogen-bond donors (Lipinski definition) is 2. The molecule has 3 rings (SSSR count). The lowest BCUT2D eigenvalue weighted by Crippen LogP contribution is -3.11. The highest BCUT2D eigenvalue weighted by Gasteiger charge is 2.36. The van der Waals surface area contributed by atoms with Gasteiger partial charge in [0.25, 0.3) is 11.8 Å². The normalized spacial score (nSPS) is 16.8. The molecule has 0 spiro atoms. The average molecular weight is 413 g/mol. The van der Waals surface area contributed by atoms with Crippen LogP contribution in [0.2, 0.25) is 0 Å². The van der Waals surface area contributed by atoms with Crippen molar-refractivity contribution in [3.63, 3.8) is 0 Å². The quantitative estimate of drug-likeness (QED) is 0.642. The van der Waals surface area contributed by atoms with Gasteiger partial charge in [0.05, 0.1) is 26.1 Å². The van der Waals surface area contributed by atoms with Crippen molar-refractivity contribution in [3.8, 4) is 5.75 Å². The van der Waals surface area contributed by atoms with E-state index in [1.807, 2.05) is 44.3 Å². The number of likely N-dealkylation sites (N-methyl/N-ethyl adjacent to an activating group) is 1. The number of quaternary nitrogens is 1. The highest BCUT2D eigenvalue weighted by molar-refractivity contribution is 6.03. The van der Waals surface area contributed by atoms with Crippen molar-refractivity contribution in [3.05, 3.63) is 54.0 Å². The molecule has 0 bridgehead atoms. The molecule has 0 saturated carbocycles. The van der Waals surface area contributed by atoms with E-state index in [9.17, 15) is 9.59 Å². The lowest BCUT2D eigenvalue weighted by Gasteiger charge is -2.21. The molecule has 1 aromatic heterocycles. The Morgan fingerprint density at radius 2 is 2.03 bits per heavy atom. The Labute approximate surface area is 176 Å². The number of hydrazone groups is 1. The van der Waals surface area contributed by atoms with Gasteiger partial charge < -0.3 is 19.4 Å². The van der Waals surface area contributed by atoms with Gasteiger partial charge in [-0.3, -0.25) is 9.59 Å². The van der Waals surface area contributed by atoms with Crippen LogP contribution in [-0.4, -0.2) is 56.3 Å². The molecule has 2 aromatic rings. The monoisotopic (exact) mass is 413 g/mol. The molecular weight excluding hydrogens is 384 g/mol. The molecule has 1 aliphatic heterocycles. The van der Waals surface area contributed by atoms with Crippen molar-refractivity contribution in [2.75, 3.05) is 33.8 Å². The van der Waals surface area contributed by atoms with Crippen molar-refractivity contribution in [1.29, 1.82) is 0 Å². The number of carbonyl (C=O) groups excluding carboxylic acids is 2. The molecule has 2 heterocycles. The van der Waals surface area contributed by atoms with Gasteiger partial charge in [0.15, 0.2) is 13.1 Å². The molecule has 0 saturated heterocycles. The van der Waals surface area contributed by atoms with E-state index in [0.717, 1.165) is 28.3 Å². The number of ether oxygens (including phenoxy) is 1. The number of carbonyl (C=O) groups is 2. The molecule has 0 radical (unpaired) electrons. The first-order chi connectivity index (χ1) is 14.5. The summed E-state index contributed by atoms with van der Waals surface area (Å²) in [7, 11) is 3.45. The Balaban J connectivity index is 1.73. The molecule has 160 valence electrons. The van der Waals surface area contributed by atoms with Crippen molar-refractivity contribution in [1.82, 2.24) is 10.3 Å². The van der Waals surface area contributed by atoms with Crippen LogP contribution in [0.4, 0.5) is 0 Å². The number of nitrogens with one attached hydrogen (secondary N) is 2. The van der Waals surface area contributed by atoms with Crippen molar-refractivity contribution < 1.29 is 23.6 Å². The topological polar surface area (TPSA) is 88.6 Å². The molecular formula is C22H29N4O4+. The third kappa shape index (κ3) is 5.27. The minimum Gasteiger partial charge on any atom is -0.497 e. The van der Waals surface area contributed by atoms with Gasteiger partial charge in [0.1, 0.15) is 17.6 Å². The number of nitrogens with zero attached hydrogens (tertiary/aromatic N) is 2. The summed E-state index contributed by atoms with van der Waals surface area (Å²) in [6, 6.07) is 11.0. The van der Waals surface area contributed by atoms with Gasteiger partial charge in [-0.1, -0.05) is 6.92 Å². The number of methoxy groups -OCH3 is 1. The van der Waals surface area contributed by atoms with Gasteiger partial charge >= 0.3 is 0 Å². The maximum atomic E-state index is 13.0. The molecule has 8 nitrogen and oxygen atoms in total. The van der Waals surface area contributed by atoms with Crippen molar-refractivity contribution in [2.45, 2.75) is 25.8 Å². The van der Waals surface area contributed by atoms with Crippen molar-refractivity contribution >= 4 is 17.5 Å². The van der Waals surface area contributed by atoms with Crippen LogP contribution in [0.25, 0.3) is 0 Å². The van der Waals surface area contributed by atoms with Gasteiger partial charge in [-0.05, 0) is 48.4 Å². The maximum absolute atomic E-state index is 13.0. The summed E-state index contributed by atoms with van der Waals surface area (Å²) in [5.74, 6) is 1.24. The molecule has 1 aromatic carbocycles.